The lowest BCUT2D eigenvalue weighted by Crippen LogP contribution is -2.57. The van der Waals surface area contributed by atoms with E-state index in [1.54, 1.807) is 6.20 Å². The van der Waals surface area contributed by atoms with Crippen LogP contribution in [0.1, 0.15) is 84.1 Å². The van der Waals surface area contributed by atoms with E-state index >= 15 is 0 Å². The van der Waals surface area contributed by atoms with Crippen molar-refractivity contribution >= 4 is 50.6 Å². The highest BCUT2D eigenvalue weighted by Crippen LogP contribution is 2.46. The maximum Gasteiger partial charge on any atom is 0.306 e. The predicted octanol–water partition coefficient (Wildman–Crippen LogP) is 4.43. The third-order valence-corrected chi connectivity index (χ3v) is 13.3. The normalized spacial score (nSPS) is 31.5. The third-order valence-electron chi connectivity index (χ3n) is 11.5. The Kier molecular flexibility index (Phi) is 9.46. The Morgan fingerprint density at radius 2 is 1.88 bits per heavy atom. The van der Waals surface area contributed by atoms with E-state index < -0.39 is 73.9 Å². The fraction of sp³-hybridized carbons (Fsp3) is 0.564. The molecule has 5 aliphatic rings. The molecular formula is C39H48N4O8S. The van der Waals surface area contributed by atoms with Gasteiger partial charge in [-0.3, -0.25) is 23.9 Å². The Morgan fingerprint density at radius 3 is 2.60 bits per heavy atom. The molecule has 1 saturated heterocycles. The van der Waals surface area contributed by atoms with Crippen LogP contribution >= 0.6 is 0 Å². The average molecular weight is 733 g/mol. The van der Waals surface area contributed by atoms with Crippen molar-refractivity contribution in [2.24, 2.45) is 23.2 Å². The zero-order chi connectivity index (χ0) is 37.0. The number of fused-ring (bicyclic) bond motifs is 4. The summed E-state index contributed by atoms with van der Waals surface area (Å²) in [4.78, 5) is 62.0. The zero-order valence-electron chi connectivity index (χ0n) is 30.0. The highest BCUT2D eigenvalue weighted by atomic mass is 32.2. The first-order chi connectivity index (χ1) is 24.7. The fourth-order valence-electron chi connectivity index (χ4n) is 8.06. The Labute approximate surface area is 304 Å². The van der Waals surface area contributed by atoms with Gasteiger partial charge in [0.15, 0.2) is 0 Å². The molecule has 278 valence electrons. The molecule has 0 radical (unpaired) electrons. The topological polar surface area (TPSA) is 161 Å². The summed E-state index contributed by atoms with van der Waals surface area (Å²) in [6, 6.07) is 6.83. The molecular weight excluding hydrogens is 685 g/mol. The number of amides is 3. The van der Waals surface area contributed by atoms with Gasteiger partial charge in [-0.15, -0.1) is 6.58 Å². The highest BCUT2D eigenvalue weighted by molar-refractivity contribution is 7.91. The molecule has 3 amide bonds. The molecule has 0 unspecified atom stereocenters. The first-order valence-corrected chi connectivity index (χ1v) is 20.0. The summed E-state index contributed by atoms with van der Waals surface area (Å²) >= 11 is 0. The number of sulfonamides is 1. The molecule has 1 aromatic carbocycles. The molecule has 3 saturated carbocycles. The second kappa shape index (κ2) is 13.6. The summed E-state index contributed by atoms with van der Waals surface area (Å²) in [5.74, 6) is -3.07. The minimum atomic E-state index is -3.88. The Morgan fingerprint density at radius 1 is 1.10 bits per heavy atom. The lowest BCUT2D eigenvalue weighted by Gasteiger charge is -2.35. The first-order valence-electron chi connectivity index (χ1n) is 18.4. The Bertz CT molecular complexity index is 1930. The molecule has 0 spiro atoms. The van der Waals surface area contributed by atoms with Crippen LogP contribution in [0.15, 0.2) is 49.2 Å². The van der Waals surface area contributed by atoms with Crippen molar-refractivity contribution in [2.45, 2.75) is 108 Å². The Balaban J connectivity index is 1.23. The fourth-order valence-corrected chi connectivity index (χ4v) is 9.43. The SMILES string of the molecule is C=C[C@@H]1C[C@]1(NC(=O)[C@@H]1C[C@@H]2CN1C(=O)[C@H](C(C)(C)C)CC(=O)O[C@H]1CCC[C@@H]1C/C=C/c1ccc3ccnc(c3c1)O2)C(=O)NS(=O)(=O)C1CC1. The zero-order valence-corrected chi connectivity index (χ0v) is 30.8. The highest BCUT2D eigenvalue weighted by Gasteiger charge is 2.62. The van der Waals surface area contributed by atoms with Crippen LogP contribution < -0.4 is 14.8 Å². The number of pyridine rings is 1. The largest absolute Gasteiger partial charge is 0.472 e. The molecule has 7 atom stereocenters. The summed E-state index contributed by atoms with van der Waals surface area (Å²) in [5, 5.41) is 3.92. The number of nitrogens with one attached hydrogen (secondary N) is 2. The van der Waals surface area contributed by atoms with Crippen molar-refractivity contribution in [3.63, 3.8) is 0 Å². The van der Waals surface area contributed by atoms with E-state index in [9.17, 15) is 27.6 Å². The summed E-state index contributed by atoms with van der Waals surface area (Å²) in [6.45, 7) is 9.47. The van der Waals surface area contributed by atoms with E-state index in [1.165, 1.54) is 11.0 Å². The summed E-state index contributed by atoms with van der Waals surface area (Å²) < 4.78 is 40.2. The van der Waals surface area contributed by atoms with Gasteiger partial charge in [-0.05, 0) is 79.4 Å². The molecule has 7 rings (SSSR count). The summed E-state index contributed by atoms with van der Waals surface area (Å²) in [6.07, 6.45) is 10.9. The molecule has 2 N–H and O–H groups in total. The summed E-state index contributed by atoms with van der Waals surface area (Å²) in [5.41, 5.74) is -1.24. The number of carbonyl (C=O) groups excluding carboxylic acids is 4. The number of aromatic nitrogens is 1. The van der Waals surface area contributed by atoms with Gasteiger partial charge < -0.3 is 19.7 Å². The van der Waals surface area contributed by atoms with E-state index in [2.05, 4.69) is 33.8 Å². The third kappa shape index (κ3) is 7.20. The smallest absolute Gasteiger partial charge is 0.306 e. The van der Waals surface area contributed by atoms with Gasteiger partial charge in [-0.1, -0.05) is 51.1 Å². The van der Waals surface area contributed by atoms with Crippen molar-refractivity contribution < 1.29 is 37.1 Å². The second-order valence-corrected chi connectivity index (χ2v) is 18.2. The number of hydrogen-bond acceptors (Lipinski definition) is 9. The molecule has 3 heterocycles. The van der Waals surface area contributed by atoms with Crippen LogP contribution in [0.5, 0.6) is 5.88 Å². The van der Waals surface area contributed by atoms with E-state index in [4.69, 9.17) is 9.47 Å². The lowest BCUT2D eigenvalue weighted by molar-refractivity contribution is -0.158. The molecule has 3 aliphatic carbocycles. The van der Waals surface area contributed by atoms with E-state index in [-0.39, 0.29) is 37.8 Å². The van der Waals surface area contributed by atoms with Crippen LogP contribution in [-0.2, 0) is 33.9 Å². The van der Waals surface area contributed by atoms with Gasteiger partial charge >= 0.3 is 5.97 Å². The van der Waals surface area contributed by atoms with Crippen LogP contribution in [-0.4, -0.2) is 77.6 Å². The van der Waals surface area contributed by atoms with Crippen LogP contribution in [0.4, 0.5) is 0 Å². The number of benzene rings is 1. The van der Waals surface area contributed by atoms with Crippen LogP contribution in [0.25, 0.3) is 16.8 Å². The standard InChI is InChI=1S/C39H48N4O8S/c1-5-26-21-39(26,37(47)42-52(48,49)28-14-15-28)41-34(45)31-19-27-22-43(31)36(46)30(38(2,3)4)20-33(44)51-32-11-7-10-25(32)9-6-8-23-12-13-24-16-17-40-35(50-27)29(24)18-23/h5-6,8,12-13,16-18,25-28,30-32H,1,7,9-11,14-15,19-22H2,2-4H3,(H,41,45)(H,42,47)/b8-6+/t25-,26+,27+,30+,31-,32-,39+/m0/s1. The maximum absolute atomic E-state index is 14.7. The average Bonchev–Trinajstić information content (AvgIpc) is 3.98. The van der Waals surface area contributed by atoms with Crippen LogP contribution in [0.2, 0.25) is 0 Å². The monoisotopic (exact) mass is 732 g/mol. The Hall–Kier alpha value is -4.26. The van der Waals surface area contributed by atoms with Crippen molar-refractivity contribution in [3.05, 3.63) is 54.8 Å². The van der Waals surface area contributed by atoms with Gasteiger partial charge in [0, 0.05) is 23.9 Å². The number of carbonyl (C=O) groups is 4. The molecule has 4 bridgehead atoms. The van der Waals surface area contributed by atoms with Crippen LogP contribution in [0.3, 0.4) is 0 Å². The van der Waals surface area contributed by atoms with Crippen molar-refractivity contribution in [3.8, 4) is 5.88 Å². The molecule has 52 heavy (non-hydrogen) atoms. The molecule has 1 aromatic heterocycles. The predicted molar refractivity (Wildman–Crippen MR) is 194 cm³/mol. The number of nitrogens with zero attached hydrogens (tertiary/aromatic N) is 2. The van der Waals surface area contributed by atoms with Gasteiger partial charge in [0.05, 0.1) is 24.1 Å². The van der Waals surface area contributed by atoms with Crippen molar-refractivity contribution in [2.75, 3.05) is 6.54 Å². The number of esters is 1. The number of hydrogen-bond donors (Lipinski definition) is 2. The van der Waals surface area contributed by atoms with Gasteiger partial charge in [0.2, 0.25) is 27.7 Å². The molecule has 2 aromatic rings. The minimum Gasteiger partial charge on any atom is -0.472 e. The summed E-state index contributed by atoms with van der Waals surface area (Å²) in [7, 11) is -3.88. The van der Waals surface area contributed by atoms with Crippen molar-refractivity contribution in [1.82, 2.24) is 19.9 Å². The molecule has 12 nitrogen and oxygen atoms in total. The second-order valence-electron chi connectivity index (χ2n) is 16.2. The lowest BCUT2D eigenvalue weighted by atomic mass is 9.77. The van der Waals surface area contributed by atoms with Crippen LogP contribution in [0, 0.1) is 23.2 Å². The van der Waals surface area contributed by atoms with E-state index in [0.29, 0.717) is 18.7 Å². The van der Waals surface area contributed by atoms with E-state index in [0.717, 1.165) is 42.0 Å². The molecule has 2 aliphatic heterocycles. The van der Waals surface area contributed by atoms with Gasteiger partial charge in [-0.2, -0.15) is 0 Å². The number of rotatable bonds is 6. The van der Waals surface area contributed by atoms with Gasteiger partial charge in [-0.25, -0.2) is 13.4 Å². The quantitative estimate of drug-likeness (QED) is 0.324. The van der Waals surface area contributed by atoms with Crippen molar-refractivity contribution in [1.29, 1.82) is 0 Å². The maximum atomic E-state index is 14.7. The minimum absolute atomic E-state index is 0.0288. The van der Waals surface area contributed by atoms with E-state index in [1.807, 2.05) is 45.0 Å². The van der Waals surface area contributed by atoms with Gasteiger partial charge in [0.25, 0.3) is 5.91 Å². The first kappa shape index (κ1) is 36.1. The number of allylic oxidation sites excluding steroid dienone is 1. The molecule has 13 heteroatoms. The van der Waals surface area contributed by atoms with Gasteiger partial charge in [0.1, 0.15) is 23.8 Å². The number of ether oxygens (including phenoxy) is 2. The molecule has 4 fully saturated rings.